The number of hydrogen-bond acceptors (Lipinski definition) is 4. The second kappa shape index (κ2) is 8.53. The van der Waals surface area contributed by atoms with Crippen LogP contribution in [0.2, 0.25) is 0 Å². The van der Waals surface area contributed by atoms with Crippen molar-refractivity contribution in [2.75, 3.05) is 18.8 Å². The Morgan fingerprint density at radius 3 is 2.70 bits per heavy atom. The van der Waals surface area contributed by atoms with Crippen molar-refractivity contribution in [2.45, 2.75) is 44.6 Å². The molecule has 1 aliphatic heterocycles. The minimum Gasteiger partial charge on any atom is -0.361 e. The van der Waals surface area contributed by atoms with Crippen LogP contribution in [0.15, 0.2) is 35.5 Å². The molecule has 0 aliphatic carbocycles. The molecule has 5 nitrogen and oxygen atoms in total. The van der Waals surface area contributed by atoms with Gasteiger partial charge in [0.2, 0.25) is 5.91 Å². The van der Waals surface area contributed by atoms with Gasteiger partial charge in [0, 0.05) is 35.9 Å². The molecule has 1 saturated heterocycles. The Hall–Kier alpha value is -2.78. The number of nitrogens with zero attached hydrogens (tertiary/aromatic N) is 3. The van der Waals surface area contributed by atoms with Crippen LogP contribution in [0.1, 0.15) is 46.7 Å². The summed E-state index contributed by atoms with van der Waals surface area (Å²) in [6.45, 7) is 7.42. The van der Waals surface area contributed by atoms with Gasteiger partial charge >= 0.3 is 0 Å². The number of likely N-dealkylation sites (tertiary alicyclic amines) is 1. The fourth-order valence-electron chi connectivity index (χ4n) is 4.24. The van der Waals surface area contributed by atoms with Crippen LogP contribution in [0.5, 0.6) is 0 Å². The number of aryl methyl sites for hydroxylation is 1. The zero-order chi connectivity index (χ0) is 21.3. The first kappa shape index (κ1) is 20.5. The average Bonchev–Trinajstić information content (AvgIpc) is 3.20. The molecule has 6 heteroatoms. The maximum Gasteiger partial charge on any atom is 0.232 e. The van der Waals surface area contributed by atoms with Gasteiger partial charge in [0.05, 0.1) is 11.3 Å². The topological polar surface area (TPSA) is 72.8 Å². The monoisotopic (exact) mass is 418 g/mol. The van der Waals surface area contributed by atoms with Crippen molar-refractivity contribution < 1.29 is 4.79 Å². The summed E-state index contributed by atoms with van der Waals surface area (Å²) in [4.78, 5) is 22.7. The van der Waals surface area contributed by atoms with E-state index in [-0.39, 0.29) is 5.91 Å². The number of piperidine rings is 1. The molecule has 2 aromatic heterocycles. The molecule has 1 amide bonds. The van der Waals surface area contributed by atoms with Crippen molar-refractivity contribution >= 4 is 28.6 Å². The molecule has 1 aromatic carbocycles. The van der Waals surface area contributed by atoms with E-state index in [0.717, 1.165) is 42.8 Å². The molecule has 0 unspecified atom stereocenters. The highest BCUT2D eigenvalue weighted by Crippen LogP contribution is 2.33. The van der Waals surface area contributed by atoms with Gasteiger partial charge in [-0.1, -0.05) is 30.0 Å². The number of rotatable bonds is 4. The number of hydrogen-bond donors (Lipinski definition) is 1. The third-order valence-corrected chi connectivity index (χ3v) is 7.28. The summed E-state index contributed by atoms with van der Waals surface area (Å²) in [6, 6.07) is 10.7. The fraction of sp³-hybridized carbons (Fsp3) is 0.375. The maximum absolute atomic E-state index is 12.8. The average molecular weight is 419 g/mol. The molecule has 0 spiro atoms. The van der Waals surface area contributed by atoms with E-state index in [9.17, 15) is 10.1 Å². The highest BCUT2D eigenvalue weighted by Gasteiger charge is 2.26. The molecular weight excluding hydrogens is 392 g/mol. The Balaban J connectivity index is 1.38. The molecule has 154 valence electrons. The molecule has 0 atom stereocenters. The van der Waals surface area contributed by atoms with Crippen LogP contribution < -0.4 is 0 Å². The van der Waals surface area contributed by atoms with Crippen LogP contribution in [-0.2, 0) is 4.79 Å². The van der Waals surface area contributed by atoms with Crippen molar-refractivity contribution in [3.05, 3.63) is 58.4 Å². The van der Waals surface area contributed by atoms with Gasteiger partial charge < -0.3 is 9.88 Å². The van der Waals surface area contributed by atoms with E-state index in [2.05, 4.69) is 40.4 Å². The van der Waals surface area contributed by atoms with Gasteiger partial charge in [-0.3, -0.25) is 4.79 Å². The fourth-order valence-corrected chi connectivity index (χ4v) is 5.23. The Morgan fingerprint density at radius 1 is 1.23 bits per heavy atom. The third-order valence-electron chi connectivity index (χ3n) is 6.32. The molecule has 1 N–H and O–H groups in total. The third kappa shape index (κ3) is 3.82. The molecule has 1 fully saturated rings. The lowest BCUT2D eigenvalue weighted by Gasteiger charge is -2.32. The molecule has 30 heavy (non-hydrogen) atoms. The standard InChI is InChI=1S/C24H26N4OS/c1-15-16(2)20(12-25)24(27-17(15)3)30-14-23(29)28-10-8-18(9-11-28)21-13-26-22-7-5-4-6-19(21)22/h4-7,13,18,26H,8-11,14H2,1-3H3. The number of benzene rings is 1. The van der Waals surface area contributed by atoms with Crippen molar-refractivity contribution in [3.63, 3.8) is 0 Å². The lowest BCUT2D eigenvalue weighted by Crippen LogP contribution is -2.38. The molecule has 0 bridgehead atoms. The van der Waals surface area contributed by atoms with Gasteiger partial charge in [0.15, 0.2) is 0 Å². The second-order valence-electron chi connectivity index (χ2n) is 7.97. The zero-order valence-corrected chi connectivity index (χ0v) is 18.5. The summed E-state index contributed by atoms with van der Waals surface area (Å²) in [5.41, 5.74) is 6.04. The van der Waals surface area contributed by atoms with Crippen molar-refractivity contribution in [1.29, 1.82) is 5.26 Å². The van der Waals surface area contributed by atoms with Gasteiger partial charge in [-0.2, -0.15) is 5.26 Å². The Labute approximate surface area is 181 Å². The Kier molecular flexibility index (Phi) is 5.83. The van der Waals surface area contributed by atoms with Crippen LogP contribution in [0, 0.1) is 32.1 Å². The number of carbonyl (C=O) groups is 1. The van der Waals surface area contributed by atoms with E-state index >= 15 is 0 Å². The van der Waals surface area contributed by atoms with Crippen LogP contribution in [0.25, 0.3) is 10.9 Å². The summed E-state index contributed by atoms with van der Waals surface area (Å²) in [6.07, 6.45) is 4.07. The largest absolute Gasteiger partial charge is 0.361 e. The summed E-state index contributed by atoms with van der Waals surface area (Å²) >= 11 is 1.38. The smallest absolute Gasteiger partial charge is 0.232 e. The molecule has 0 saturated carbocycles. The molecule has 3 aromatic rings. The Bertz CT molecular complexity index is 1140. The molecule has 1 aliphatic rings. The quantitative estimate of drug-likeness (QED) is 0.614. The number of carbonyl (C=O) groups excluding carboxylic acids is 1. The van der Waals surface area contributed by atoms with Gasteiger partial charge in [-0.15, -0.1) is 0 Å². The maximum atomic E-state index is 12.8. The molecular formula is C24H26N4OS. The number of nitriles is 1. The number of aromatic amines is 1. The molecule has 4 rings (SSSR count). The predicted molar refractivity (Wildman–Crippen MR) is 121 cm³/mol. The highest BCUT2D eigenvalue weighted by molar-refractivity contribution is 8.00. The van der Waals surface area contributed by atoms with Crippen molar-refractivity contribution in [3.8, 4) is 6.07 Å². The minimum absolute atomic E-state index is 0.124. The normalized spacial score (nSPS) is 14.8. The first-order chi connectivity index (χ1) is 14.5. The van der Waals surface area contributed by atoms with Crippen LogP contribution >= 0.6 is 11.8 Å². The number of H-pyrrole nitrogens is 1. The molecule has 3 heterocycles. The SMILES string of the molecule is Cc1nc(SCC(=O)N2CCC(c3c[nH]c4ccccc34)CC2)c(C#N)c(C)c1C. The van der Waals surface area contributed by atoms with Crippen LogP contribution in [0.3, 0.4) is 0 Å². The van der Waals surface area contributed by atoms with E-state index in [1.54, 1.807) is 0 Å². The van der Waals surface area contributed by atoms with Gasteiger partial charge in [0.25, 0.3) is 0 Å². The lowest BCUT2D eigenvalue weighted by molar-refractivity contribution is -0.129. The number of nitrogens with one attached hydrogen (secondary N) is 1. The Morgan fingerprint density at radius 2 is 1.97 bits per heavy atom. The first-order valence-corrected chi connectivity index (χ1v) is 11.3. The number of amides is 1. The van der Waals surface area contributed by atoms with Gasteiger partial charge in [-0.05, 0) is 62.3 Å². The lowest BCUT2D eigenvalue weighted by atomic mass is 9.89. The number of pyridine rings is 1. The number of fused-ring (bicyclic) bond motifs is 1. The zero-order valence-electron chi connectivity index (χ0n) is 17.7. The summed E-state index contributed by atoms with van der Waals surface area (Å²) in [5.74, 6) is 0.924. The van der Waals surface area contributed by atoms with Crippen molar-refractivity contribution in [2.24, 2.45) is 0 Å². The van der Waals surface area contributed by atoms with Crippen molar-refractivity contribution in [1.82, 2.24) is 14.9 Å². The van der Waals surface area contributed by atoms with E-state index in [4.69, 9.17) is 0 Å². The number of aromatic nitrogens is 2. The van der Waals surface area contributed by atoms with Gasteiger partial charge in [-0.25, -0.2) is 4.98 Å². The highest BCUT2D eigenvalue weighted by atomic mass is 32.2. The first-order valence-electron chi connectivity index (χ1n) is 10.3. The second-order valence-corrected chi connectivity index (χ2v) is 8.94. The predicted octanol–water partition coefficient (Wildman–Crippen LogP) is 4.86. The summed E-state index contributed by atoms with van der Waals surface area (Å²) in [5, 5.41) is 11.5. The van der Waals surface area contributed by atoms with E-state index in [0.29, 0.717) is 22.3 Å². The van der Waals surface area contributed by atoms with E-state index in [1.165, 1.54) is 28.2 Å². The van der Waals surface area contributed by atoms with E-state index < -0.39 is 0 Å². The van der Waals surface area contributed by atoms with Gasteiger partial charge in [0.1, 0.15) is 11.1 Å². The summed E-state index contributed by atoms with van der Waals surface area (Å²) < 4.78 is 0. The van der Waals surface area contributed by atoms with Crippen LogP contribution in [-0.4, -0.2) is 39.6 Å². The minimum atomic E-state index is 0.124. The summed E-state index contributed by atoms with van der Waals surface area (Å²) in [7, 11) is 0. The van der Waals surface area contributed by atoms with E-state index in [1.807, 2.05) is 31.7 Å². The number of thioether (sulfide) groups is 1. The van der Waals surface area contributed by atoms with Crippen LogP contribution in [0.4, 0.5) is 0 Å². The molecule has 0 radical (unpaired) electrons. The number of para-hydroxylation sites is 1.